The molecule has 2 amide bonds. The summed E-state index contributed by atoms with van der Waals surface area (Å²) in [6.07, 6.45) is 12.3. The van der Waals surface area contributed by atoms with Crippen molar-refractivity contribution >= 4 is 12.0 Å². The molecule has 4 rings (SSSR count). The SMILES string of the molecule is O=C(NCCN1CCC2(CCCCC2)CC1)N1C[C@@H]2CCC[C@@]2(C(=O)O)C1. The molecule has 2 heterocycles. The molecule has 0 unspecified atom stereocenters. The predicted molar refractivity (Wildman–Crippen MR) is 104 cm³/mol. The van der Waals surface area contributed by atoms with E-state index < -0.39 is 11.4 Å². The molecule has 0 aromatic carbocycles. The summed E-state index contributed by atoms with van der Waals surface area (Å²) in [6.45, 7) is 4.86. The average molecular weight is 378 g/mol. The van der Waals surface area contributed by atoms with Crippen molar-refractivity contribution in [3.05, 3.63) is 0 Å². The van der Waals surface area contributed by atoms with Crippen LogP contribution in [0.2, 0.25) is 0 Å². The molecule has 2 aliphatic heterocycles. The van der Waals surface area contributed by atoms with Crippen LogP contribution < -0.4 is 5.32 Å². The molecular weight excluding hydrogens is 342 g/mol. The summed E-state index contributed by atoms with van der Waals surface area (Å²) in [4.78, 5) is 28.5. The fourth-order valence-corrected chi connectivity index (χ4v) is 6.28. The lowest BCUT2D eigenvalue weighted by Crippen LogP contribution is -2.46. The van der Waals surface area contributed by atoms with Crippen molar-refractivity contribution in [2.45, 2.75) is 64.2 Å². The fourth-order valence-electron chi connectivity index (χ4n) is 6.28. The Hall–Kier alpha value is -1.30. The van der Waals surface area contributed by atoms with Crippen molar-refractivity contribution in [1.82, 2.24) is 15.1 Å². The van der Waals surface area contributed by atoms with Crippen LogP contribution in [0, 0.1) is 16.7 Å². The molecule has 2 atom stereocenters. The number of carboxylic acids is 1. The van der Waals surface area contributed by atoms with Gasteiger partial charge in [-0.25, -0.2) is 4.79 Å². The van der Waals surface area contributed by atoms with E-state index in [2.05, 4.69) is 10.2 Å². The second-order valence-electron chi connectivity index (χ2n) is 9.57. The summed E-state index contributed by atoms with van der Waals surface area (Å²) in [7, 11) is 0. The van der Waals surface area contributed by atoms with Gasteiger partial charge in [0.25, 0.3) is 0 Å². The van der Waals surface area contributed by atoms with Crippen LogP contribution >= 0.6 is 0 Å². The van der Waals surface area contributed by atoms with Crippen molar-refractivity contribution in [1.29, 1.82) is 0 Å². The smallest absolute Gasteiger partial charge is 0.317 e. The third-order valence-electron chi connectivity index (χ3n) is 8.12. The normalized spacial score (nSPS) is 33.2. The number of aliphatic carboxylic acids is 1. The van der Waals surface area contributed by atoms with Gasteiger partial charge in [-0.05, 0) is 62.9 Å². The van der Waals surface area contributed by atoms with Crippen LogP contribution in [-0.2, 0) is 4.79 Å². The minimum Gasteiger partial charge on any atom is -0.481 e. The van der Waals surface area contributed by atoms with E-state index in [1.807, 2.05) is 0 Å². The molecule has 2 N–H and O–H groups in total. The lowest BCUT2D eigenvalue weighted by atomic mass is 9.68. The highest BCUT2D eigenvalue weighted by Gasteiger charge is 2.55. The zero-order valence-corrected chi connectivity index (χ0v) is 16.5. The quantitative estimate of drug-likeness (QED) is 0.790. The number of nitrogens with zero attached hydrogens (tertiary/aromatic N) is 2. The molecule has 2 saturated heterocycles. The number of hydrogen-bond donors (Lipinski definition) is 2. The zero-order chi connectivity index (χ0) is 18.9. The molecule has 6 nitrogen and oxygen atoms in total. The van der Waals surface area contributed by atoms with E-state index in [4.69, 9.17) is 0 Å². The van der Waals surface area contributed by atoms with E-state index >= 15 is 0 Å². The monoisotopic (exact) mass is 377 g/mol. The molecular formula is C21H35N3O3. The Morgan fingerprint density at radius 3 is 2.41 bits per heavy atom. The maximum atomic E-state index is 12.5. The number of fused-ring (bicyclic) bond motifs is 1. The van der Waals surface area contributed by atoms with E-state index in [1.165, 1.54) is 44.9 Å². The molecule has 0 aromatic rings. The van der Waals surface area contributed by atoms with Crippen molar-refractivity contribution in [2.24, 2.45) is 16.7 Å². The van der Waals surface area contributed by atoms with Gasteiger partial charge < -0.3 is 20.2 Å². The van der Waals surface area contributed by atoms with Gasteiger partial charge in [-0.1, -0.05) is 25.7 Å². The molecule has 27 heavy (non-hydrogen) atoms. The van der Waals surface area contributed by atoms with E-state index in [-0.39, 0.29) is 11.9 Å². The van der Waals surface area contributed by atoms with E-state index in [1.54, 1.807) is 4.90 Å². The Morgan fingerprint density at radius 1 is 1.00 bits per heavy atom. The lowest BCUT2D eigenvalue weighted by Gasteiger charge is -2.44. The summed E-state index contributed by atoms with van der Waals surface area (Å²) < 4.78 is 0. The van der Waals surface area contributed by atoms with E-state index in [9.17, 15) is 14.7 Å². The van der Waals surface area contributed by atoms with Gasteiger partial charge in [-0.3, -0.25) is 4.79 Å². The van der Waals surface area contributed by atoms with Gasteiger partial charge in [0.05, 0.1) is 5.41 Å². The lowest BCUT2D eigenvalue weighted by molar-refractivity contribution is -0.149. The van der Waals surface area contributed by atoms with Gasteiger partial charge in [-0.15, -0.1) is 0 Å². The van der Waals surface area contributed by atoms with Crippen molar-refractivity contribution < 1.29 is 14.7 Å². The molecule has 4 aliphatic rings. The number of piperidine rings is 1. The highest BCUT2D eigenvalue weighted by Crippen LogP contribution is 2.49. The largest absolute Gasteiger partial charge is 0.481 e. The Labute approximate surface area is 162 Å². The number of hydrogen-bond acceptors (Lipinski definition) is 3. The van der Waals surface area contributed by atoms with Crippen LogP contribution in [0.25, 0.3) is 0 Å². The van der Waals surface area contributed by atoms with Crippen LogP contribution in [0.3, 0.4) is 0 Å². The number of carbonyl (C=O) groups is 2. The zero-order valence-electron chi connectivity index (χ0n) is 16.5. The summed E-state index contributed by atoms with van der Waals surface area (Å²) in [6, 6.07) is -0.0780. The van der Waals surface area contributed by atoms with Crippen LogP contribution in [0.5, 0.6) is 0 Å². The third-order valence-corrected chi connectivity index (χ3v) is 8.12. The third kappa shape index (κ3) is 3.69. The number of likely N-dealkylation sites (tertiary alicyclic amines) is 2. The summed E-state index contributed by atoms with van der Waals surface area (Å²) >= 11 is 0. The Bertz CT molecular complexity index is 565. The van der Waals surface area contributed by atoms with E-state index in [0.717, 1.165) is 32.5 Å². The minimum absolute atomic E-state index is 0.0780. The predicted octanol–water partition coefficient (Wildman–Crippen LogP) is 2.93. The first-order valence-electron chi connectivity index (χ1n) is 11.0. The molecule has 2 aliphatic carbocycles. The second kappa shape index (κ2) is 7.61. The van der Waals surface area contributed by atoms with Gasteiger partial charge in [0.1, 0.15) is 0 Å². The van der Waals surface area contributed by atoms with E-state index in [0.29, 0.717) is 31.5 Å². The average Bonchev–Trinajstić information content (AvgIpc) is 3.23. The molecule has 0 radical (unpaired) electrons. The van der Waals surface area contributed by atoms with Crippen LogP contribution in [0.1, 0.15) is 64.2 Å². The van der Waals surface area contributed by atoms with Crippen LogP contribution in [0.15, 0.2) is 0 Å². The molecule has 0 bridgehead atoms. The van der Waals surface area contributed by atoms with Crippen molar-refractivity contribution in [3.63, 3.8) is 0 Å². The molecule has 152 valence electrons. The molecule has 4 fully saturated rings. The molecule has 0 aromatic heterocycles. The number of urea groups is 1. The summed E-state index contributed by atoms with van der Waals surface area (Å²) in [5.74, 6) is -0.584. The minimum atomic E-state index is -0.717. The van der Waals surface area contributed by atoms with Crippen molar-refractivity contribution in [2.75, 3.05) is 39.3 Å². The summed E-state index contributed by atoms with van der Waals surface area (Å²) in [5, 5.41) is 12.7. The fraction of sp³-hybridized carbons (Fsp3) is 0.905. The molecule has 1 spiro atoms. The summed E-state index contributed by atoms with van der Waals surface area (Å²) in [5.41, 5.74) is -0.0605. The first kappa shape index (κ1) is 19.0. The first-order chi connectivity index (χ1) is 13.0. The van der Waals surface area contributed by atoms with Gasteiger partial charge in [-0.2, -0.15) is 0 Å². The molecule has 6 heteroatoms. The highest BCUT2D eigenvalue weighted by atomic mass is 16.4. The number of nitrogens with one attached hydrogen (secondary N) is 1. The Kier molecular flexibility index (Phi) is 5.36. The van der Waals surface area contributed by atoms with Gasteiger partial charge >= 0.3 is 12.0 Å². The number of rotatable bonds is 4. The maximum absolute atomic E-state index is 12.5. The second-order valence-corrected chi connectivity index (χ2v) is 9.57. The molecule has 2 saturated carbocycles. The number of carbonyl (C=O) groups excluding carboxylic acids is 1. The standard InChI is InChI=1S/C21H35N3O3/c25-18(26)21-8-4-5-17(21)15-24(16-21)19(27)22-11-14-23-12-9-20(10-13-23)6-2-1-3-7-20/h17H,1-16H2,(H,22,27)(H,25,26)/t17-,21+/m0/s1. The van der Waals surface area contributed by atoms with Crippen LogP contribution in [-0.4, -0.2) is 66.2 Å². The maximum Gasteiger partial charge on any atom is 0.317 e. The Morgan fingerprint density at radius 2 is 1.74 bits per heavy atom. The van der Waals surface area contributed by atoms with Gasteiger partial charge in [0.15, 0.2) is 0 Å². The highest BCUT2D eigenvalue weighted by molar-refractivity contribution is 5.80. The Balaban J connectivity index is 1.19. The first-order valence-corrected chi connectivity index (χ1v) is 11.0. The van der Waals surface area contributed by atoms with Gasteiger partial charge in [0, 0.05) is 26.2 Å². The van der Waals surface area contributed by atoms with Gasteiger partial charge in [0.2, 0.25) is 0 Å². The van der Waals surface area contributed by atoms with Crippen LogP contribution in [0.4, 0.5) is 4.79 Å². The number of carboxylic acid groups (broad SMARTS) is 1. The topological polar surface area (TPSA) is 72.9 Å². The van der Waals surface area contributed by atoms with Crippen molar-refractivity contribution in [3.8, 4) is 0 Å². The number of amides is 2.